The fourth-order valence-corrected chi connectivity index (χ4v) is 0.249. The third-order valence-electron chi connectivity index (χ3n) is 0.872. The zero-order valence-corrected chi connectivity index (χ0v) is 5.18. The van der Waals surface area contributed by atoms with Crippen LogP contribution < -0.4 is 0 Å². The summed E-state index contributed by atoms with van der Waals surface area (Å²) >= 11 is 0. The molecule has 46 valence electrons. The van der Waals surface area contributed by atoms with Gasteiger partial charge < -0.3 is 4.74 Å². The molecule has 0 spiro atoms. The lowest BCUT2D eigenvalue weighted by Crippen LogP contribution is -1.91. The van der Waals surface area contributed by atoms with Crippen molar-refractivity contribution in [1.82, 2.24) is 0 Å². The summed E-state index contributed by atoms with van der Waals surface area (Å²) in [4.78, 5) is 9.58. The molecule has 8 heavy (non-hydrogen) atoms. The van der Waals surface area contributed by atoms with E-state index in [0.717, 1.165) is 5.57 Å². The van der Waals surface area contributed by atoms with Gasteiger partial charge in [0.05, 0.1) is 0 Å². The van der Waals surface area contributed by atoms with Gasteiger partial charge in [-0.2, -0.15) is 0 Å². The van der Waals surface area contributed by atoms with Crippen LogP contribution in [0.5, 0.6) is 0 Å². The lowest BCUT2D eigenvalue weighted by atomic mass is 10.3. The molecular formula is C6H10O2. The second-order valence-corrected chi connectivity index (χ2v) is 1.54. The third kappa shape index (κ3) is 3.40. The fraction of sp³-hybridized carbons (Fsp3) is 0.500. The van der Waals surface area contributed by atoms with E-state index in [1.165, 1.54) is 0 Å². The molecule has 0 aliphatic carbocycles. The molecule has 0 unspecified atom stereocenters. The highest BCUT2D eigenvalue weighted by Gasteiger charge is 1.82. The first-order valence-corrected chi connectivity index (χ1v) is 2.48. The van der Waals surface area contributed by atoms with Gasteiger partial charge in [-0.3, -0.25) is 4.79 Å². The van der Waals surface area contributed by atoms with E-state index in [1.807, 2.05) is 19.9 Å². The molecule has 2 nitrogen and oxygen atoms in total. The third-order valence-corrected chi connectivity index (χ3v) is 0.872. The minimum absolute atomic E-state index is 0.417. The minimum atomic E-state index is 0.417. The zero-order valence-electron chi connectivity index (χ0n) is 5.18. The molecule has 0 aliphatic heterocycles. The van der Waals surface area contributed by atoms with Crippen LogP contribution in [0.15, 0.2) is 11.6 Å². The molecule has 0 aromatic rings. The maximum Gasteiger partial charge on any atom is 0.293 e. The van der Waals surface area contributed by atoms with Crippen LogP contribution in [-0.4, -0.2) is 13.1 Å². The summed E-state index contributed by atoms with van der Waals surface area (Å²) in [6.07, 6.45) is 1.91. The molecule has 2 heteroatoms. The molecule has 0 fully saturated rings. The monoisotopic (exact) mass is 114 g/mol. The van der Waals surface area contributed by atoms with Crippen LogP contribution in [0, 0.1) is 0 Å². The molecule has 0 bridgehead atoms. The standard InChI is InChI=1S/C6H10O2/c1-3-6(2)4-8-5-7/h3,5H,4H2,1-2H3/b6-3-. The van der Waals surface area contributed by atoms with Crippen LogP contribution in [0.25, 0.3) is 0 Å². The van der Waals surface area contributed by atoms with Crippen molar-refractivity contribution in [1.29, 1.82) is 0 Å². The van der Waals surface area contributed by atoms with Crippen LogP contribution in [0.1, 0.15) is 13.8 Å². The molecule has 0 amide bonds. The second kappa shape index (κ2) is 4.37. The zero-order chi connectivity index (χ0) is 6.41. The Kier molecular flexibility index (Phi) is 3.94. The molecule has 0 aliphatic rings. The van der Waals surface area contributed by atoms with Crippen LogP contribution >= 0.6 is 0 Å². The molecule has 0 atom stereocenters. The van der Waals surface area contributed by atoms with E-state index in [1.54, 1.807) is 0 Å². The van der Waals surface area contributed by atoms with Crippen molar-refractivity contribution in [2.24, 2.45) is 0 Å². The van der Waals surface area contributed by atoms with Crippen molar-refractivity contribution < 1.29 is 9.53 Å². The molecule has 0 saturated heterocycles. The first-order chi connectivity index (χ1) is 3.81. The van der Waals surface area contributed by atoms with Crippen molar-refractivity contribution in [3.8, 4) is 0 Å². The highest BCUT2D eigenvalue weighted by Crippen LogP contribution is 1.89. The summed E-state index contributed by atoms with van der Waals surface area (Å²) in [5.74, 6) is 0. The lowest BCUT2D eigenvalue weighted by molar-refractivity contribution is -0.127. The Hall–Kier alpha value is -0.790. The topological polar surface area (TPSA) is 26.3 Å². The Morgan fingerprint density at radius 2 is 2.38 bits per heavy atom. The molecule has 0 heterocycles. The summed E-state index contributed by atoms with van der Waals surface area (Å²) in [5.41, 5.74) is 1.07. The smallest absolute Gasteiger partial charge is 0.293 e. The summed E-state index contributed by atoms with van der Waals surface area (Å²) in [7, 11) is 0. The van der Waals surface area contributed by atoms with E-state index in [4.69, 9.17) is 0 Å². The fourth-order valence-electron chi connectivity index (χ4n) is 0.249. The Labute approximate surface area is 49.1 Å². The van der Waals surface area contributed by atoms with Crippen molar-refractivity contribution in [3.05, 3.63) is 11.6 Å². The van der Waals surface area contributed by atoms with Gasteiger partial charge in [-0.05, 0) is 19.4 Å². The highest BCUT2D eigenvalue weighted by atomic mass is 16.5. The molecule has 0 rings (SSSR count). The van der Waals surface area contributed by atoms with Crippen molar-refractivity contribution in [2.75, 3.05) is 6.61 Å². The van der Waals surface area contributed by atoms with Gasteiger partial charge in [0.1, 0.15) is 6.61 Å². The van der Waals surface area contributed by atoms with Gasteiger partial charge in [0, 0.05) is 0 Å². The maximum atomic E-state index is 9.58. The predicted molar refractivity (Wildman–Crippen MR) is 31.4 cm³/mol. The Morgan fingerprint density at radius 3 is 2.75 bits per heavy atom. The Balaban J connectivity index is 3.24. The average molecular weight is 114 g/mol. The quantitative estimate of drug-likeness (QED) is 0.406. The molecular weight excluding hydrogens is 104 g/mol. The van der Waals surface area contributed by atoms with E-state index in [0.29, 0.717) is 13.1 Å². The normalized spacial score (nSPS) is 11.0. The summed E-state index contributed by atoms with van der Waals surface area (Å²) < 4.78 is 4.44. The lowest BCUT2D eigenvalue weighted by Gasteiger charge is -1.94. The van der Waals surface area contributed by atoms with Crippen molar-refractivity contribution in [3.63, 3.8) is 0 Å². The minimum Gasteiger partial charge on any atom is -0.463 e. The second-order valence-electron chi connectivity index (χ2n) is 1.54. The number of hydrogen-bond acceptors (Lipinski definition) is 2. The summed E-state index contributed by atoms with van der Waals surface area (Å²) in [6, 6.07) is 0. The molecule has 0 aromatic carbocycles. The Morgan fingerprint density at radius 1 is 1.75 bits per heavy atom. The highest BCUT2D eigenvalue weighted by molar-refractivity contribution is 5.37. The van der Waals surface area contributed by atoms with Crippen LogP contribution in [0.4, 0.5) is 0 Å². The van der Waals surface area contributed by atoms with Gasteiger partial charge in [-0.15, -0.1) is 0 Å². The van der Waals surface area contributed by atoms with E-state index < -0.39 is 0 Å². The predicted octanol–water partition coefficient (Wildman–Crippen LogP) is 1.13. The number of carbonyl (C=O) groups excluding carboxylic acids is 1. The van der Waals surface area contributed by atoms with Gasteiger partial charge in [-0.25, -0.2) is 0 Å². The van der Waals surface area contributed by atoms with Gasteiger partial charge in [0.15, 0.2) is 0 Å². The molecule has 0 radical (unpaired) electrons. The number of allylic oxidation sites excluding steroid dienone is 1. The molecule has 0 N–H and O–H groups in total. The summed E-state index contributed by atoms with van der Waals surface area (Å²) in [5, 5.41) is 0. The number of carbonyl (C=O) groups is 1. The molecule has 0 aromatic heterocycles. The van der Waals surface area contributed by atoms with E-state index in [-0.39, 0.29) is 0 Å². The number of rotatable bonds is 3. The van der Waals surface area contributed by atoms with Crippen LogP contribution in [0.3, 0.4) is 0 Å². The van der Waals surface area contributed by atoms with E-state index >= 15 is 0 Å². The van der Waals surface area contributed by atoms with Crippen LogP contribution in [0.2, 0.25) is 0 Å². The summed E-state index contributed by atoms with van der Waals surface area (Å²) in [6.45, 7) is 4.68. The van der Waals surface area contributed by atoms with Gasteiger partial charge in [-0.1, -0.05) is 6.08 Å². The van der Waals surface area contributed by atoms with Gasteiger partial charge in [0.2, 0.25) is 0 Å². The molecule has 0 saturated carbocycles. The number of ether oxygens (including phenoxy) is 1. The van der Waals surface area contributed by atoms with E-state index in [9.17, 15) is 4.79 Å². The Bertz CT molecular complexity index is 94.7. The first-order valence-electron chi connectivity index (χ1n) is 2.48. The van der Waals surface area contributed by atoms with Gasteiger partial charge >= 0.3 is 0 Å². The first kappa shape index (κ1) is 7.21. The largest absolute Gasteiger partial charge is 0.463 e. The number of hydrogen-bond donors (Lipinski definition) is 0. The van der Waals surface area contributed by atoms with Crippen molar-refractivity contribution >= 4 is 6.47 Å². The van der Waals surface area contributed by atoms with E-state index in [2.05, 4.69) is 4.74 Å². The van der Waals surface area contributed by atoms with Crippen molar-refractivity contribution in [2.45, 2.75) is 13.8 Å². The average Bonchev–Trinajstić information content (AvgIpc) is 1.83. The van der Waals surface area contributed by atoms with Crippen LogP contribution in [-0.2, 0) is 9.53 Å². The van der Waals surface area contributed by atoms with Gasteiger partial charge in [0.25, 0.3) is 6.47 Å². The maximum absolute atomic E-state index is 9.58. The SMILES string of the molecule is C/C=C(/C)COC=O.